The number of Topliss-reactive ketones (excluding diaryl/α,β-unsaturated/α-hetero) is 1. The van der Waals surface area contributed by atoms with Gasteiger partial charge >= 0.3 is 0 Å². The van der Waals surface area contributed by atoms with Gasteiger partial charge in [-0.25, -0.2) is 0 Å². The summed E-state index contributed by atoms with van der Waals surface area (Å²) in [5, 5.41) is 8.55. The fourth-order valence-corrected chi connectivity index (χ4v) is 3.81. The van der Waals surface area contributed by atoms with E-state index in [-0.39, 0.29) is 11.5 Å². The third-order valence-electron chi connectivity index (χ3n) is 4.60. The number of rotatable bonds is 9. The largest absolute Gasteiger partial charge is 0.411 e. The summed E-state index contributed by atoms with van der Waals surface area (Å²) >= 11 is 1.27. The van der Waals surface area contributed by atoms with Crippen LogP contribution in [0.25, 0.3) is 11.5 Å². The van der Waals surface area contributed by atoms with Crippen LogP contribution in [0.3, 0.4) is 0 Å². The molecular weight excluding hydrogens is 374 g/mol. The second-order valence-corrected chi connectivity index (χ2v) is 7.66. The fraction of sp³-hybridized carbons (Fsp3) is 0.381. The third-order valence-corrected chi connectivity index (χ3v) is 5.42. The quantitative estimate of drug-likeness (QED) is 0.300. The fourth-order valence-electron chi connectivity index (χ4n) is 3.16. The van der Waals surface area contributed by atoms with Gasteiger partial charge in [0.05, 0.1) is 5.75 Å². The molecule has 2 aromatic heterocycles. The Bertz CT molecular complexity index is 962. The van der Waals surface area contributed by atoms with Gasteiger partial charge in [0.2, 0.25) is 5.89 Å². The van der Waals surface area contributed by atoms with Gasteiger partial charge in [0.1, 0.15) is 0 Å². The van der Waals surface area contributed by atoms with Crippen LogP contribution in [-0.2, 0) is 11.3 Å². The zero-order valence-electron chi connectivity index (χ0n) is 16.7. The lowest BCUT2D eigenvalue weighted by Crippen LogP contribution is -2.08. The van der Waals surface area contributed by atoms with Crippen LogP contribution < -0.4 is 0 Å². The van der Waals surface area contributed by atoms with E-state index in [4.69, 9.17) is 9.15 Å². The van der Waals surface area contributed by atoms with E-state index >= 15 is 0 Å². The molecule has 148 valence electrons. The summed E-state index contributed by atoms with van der Waals surface area (Å²) in [6.45, 7) is 7.57. The van der Waals surface area contributed by atoms with Crippen LogP contribution in [0.15, 0.2) is 40.0 Å². The molecule has 0 bridgehead atoms. The summed E-state index contributed by atoms with van der Waals surface area (Å²) in [5.74, 6) is 0.791. The van der Waals surface area contributed by atoms with Crippen LogP contribution in [0.4, 0.5) is 0 Å². The maximum atomic E-state index is 12.7. The van der Waals surface area contributed by atoms with E-state index < -0.39 is 0 Å². The molecule has 0 radical (unpaired) electrons. The van der Waals surface area contributed by atoms with Gasteiger partial charge in [-0.1, -0.05) is 29.5 Å². The molecular formula is C21H25N3O3S. The number of carbonyl (C=O) groups excluding carboxylic acids is 1. The molecule has 0 spiro atoms. The molecule has 2 heterocycles. The molecule has 0 aliphatic rings. The SMILES string of the molecule is COCCCn1c(C)cc(C(=O)CSc2nnc(-c3cccc(C)c3)o2)c1C. The van der Waals surface area contributed by atoms with Crippen molar-refractivity contribution < 1.29 is 13.9 Å². The van der Waals surface area contributed by atoms with Gasteiger partial charge in [0.15, 0.2) is 5.78 Å². The maximum absolute atomic E-state index is 12.7. The second-order valence-electron chi connectivity index (χ2n) is 6.74. The summed E-state index contributed by atoms with van der Waals surface area (Å²) in [7, 11) is 1.70. The Morgan fingerprint density at radius 3 is 2.79 bits per heavy atom. The summed E-state index contributed by atoms with van der Waals surface area (Å²) in [6.07, 6.45) is 0.916. The lowest BCUT2D eigenvalue weighted by atomic mass is 10.1. The smallest absolute Gasteiger partial charge is 0.277 e. The highest BCUT2D eigenvalue weighted by Crippen LogP contribution is 2.25. The summed E-state index contributed by atoms with van der Waals surface area (Å²) < 4.78 is 13.0. The topological polar surface area (TPSA) is 70.2 Å². The van der Waals surface area contributed by atoms with Crippen molar-refractivity contribution in [1.29, 1.82) is 0 Å². The summed E-state index contributed by atoms with van der Waals surface area (Å²) in [4.78, 5) is 12.7. The van der Waals surface area contributed by atoms with Gasteiger partial charge < -0.3 is 13.7 Å². The Hall–Kier alpha value is -2.38. The molecule has 0 aliphatic heterocycles. The number of nitrogens with zero attached hydrogens (tertiary/aromatic N) is 3. The Labute approximate surface area is 169 Å². The molecule has 0 atom stereocenters. The van der Waals surface area contributed by atoms with Gasteiger partial charge in [0, 0.05) is 42.8 Å². The first-order valence-electron chi connectivity index (χ1n) is 9.22. The molecule has 0 saturated carbocycles. The Morgan fingerprint density at radius 2 is 2.04 bits per heavy atom. The van der Waals surface area contributed by atoms with Crippen molar-refractivity contribution >= 4 is 17.5 Å². The number of methoxy groups -OCH3 is 1. The highest BCUT2D eigenvalue weighted by molar-refractivity contribution is 7.99. The molecule has 7 heteroatoms. The number of carbonyl (C=O) groups is 1. The molecule has 0 unspecified atom stereocenters. The number of aromatic nitrogens is 3. The van der Waals surface area contributed by atoms with Crippen LogP contribution in [-0.4, -0.2) is 40.0 Å². The van der Waals surface area contributed by atoms with Crippen LogP contribution in [0.1, 0.15) is 33.7 Å². The van der Waals surface area contributed by atoms with Crippen LogP contribution in [0.2, 0.25) is 0 Å². The molecule has 3 rings (SSSR count). The molecule has 6 nitrogen and oxygen atoms in total. The highest BCUT2D eigenvalue weighted by atomic mass is 32.2. The Morgan fingerprint density at radius 1 is 1.21 bits per heavy atom. The third kappa shape index (κ3) is 4.72. The predicted octanol–water partition coefficient (Wildman–Crippen LogP) is 4.47. The number of hydrogen-bond acceptors (Lipinski definition) is 6. The normalized spacial score (nSPS) is 11.1. The van der Waals surface area contributed by atoms with E-state index in [1.807, 2.05) is 51.1 Å². The molecule has 0 amide bonds. The molecule has 0 N–H and O–H groups in total. The van der Waals surface area contributed by atoms with Crippen LogP contribution in [0, 0.1) is 20.8 Å². The average Bonchev–Trinajstić information content (AvgIpc) is 3.26. The minimum absolute atomic E-state index is 0.0615. The lowest BCUT2D eigenvalue weighted by Gasteiger charge is -2.09. The molecule has 0 fully saturated rings. The molecule has 0 aliphatic carbocycles. The van der Waals surface area contributed by atoms with Gasteiger partial charge in [0.25, 0.3) is 5.22 Å². The van der Waals surface area contributed by atoms with E-state index in [2.05, 4.69) is 14.8 Å². The number of thioether (sulfide) groups is 1. The van der Waals surface area contributed by atoms with Crippen molar-refractivity contribution in [3.8, 4) is 11.5 Å². The van der Waals surface area contributed by atoms with Gasteiger partial charge in [-0.3, -0.25) is 4.79 Å². The maximum Gasteiger partial charge on any atom is 0.277 e. The predicted molar refractivity (Wildman–Crippen MR) is 110 cm³/mol. The van der Waals surface area contributed by atoms with E-state index in [0.717, 1.165) is 41.0 Å². The van der Waals surface area contributed by atoms with Gasteiger partial charge in [-0.2, -0.15) is 0 Å². The first-order valence-corrected chi connectivity index (χ1v) is 10.2. The minimum atomic E-state index is 0.0615. The van der Waals surface area contributed by atoms with E-state index in [1.165, 1.54) is 11.8 Å². The monoisotopic (exact) mass is 399 g/mol. The van der Waals surface area contributed by atoms with Crippen molar-refractivity contribution in [2.75, 3.05) is 19.5 Å². The van der Waals surface area contributed by atoms with Crippen molar-refractivity contribution in [2.45, 2.75) is 39.0 Å². The van der Waals surface area contributed by atoms with Gasteiger partial charge in [-0.15, -0.1) is 10.2 Å². The standard InChI is InChI=1S/C21H25N3O3S/c1-14-7-5-8-17(11-14)20-22-23-21(27-20)28-13-19(25)18-12-15(2)24(16(18)3)9-6-10-26-4/h5,7-8,11-12H,6,9-10,13H2,1-4H3. The Balaban J connectivity index is 1.64. The minimum Gasteiger partial charge on any atom is -0.411 e. The van der Waals surface area contributed by atoms with Crippen LogP contribution in [0.5, 0.6) is 0 Å². The summed E-state index contributed by atoms with van der Waals surface area (Å²) in [6, 6.07) is 9.84. The molecule has 1 aromatic carbocycles. The van der Waals surface area contributed by atoms with Gasteiger partial charge in [-0.05, 0) is 45.4 Å². The highest BCUT2D eigenvalue weighted by Gasteiger charge is 2.17. The summed E-state index contributed by atoms with van der Waals surface area (Å²) in [5.41, 5.74) is 4.83. The zero-order valence-corrected chi connectivity index (χ0v) is 17.5. The number of aryl methyl sites for hydroxylation is 2. The number of ether oxygens (including phenoxy) is 1. The molecule has 28 heavy (non-hydrogen) atoms. The Kier molecular flexibility index (Phi) is 6.70. The first-order chi connectivity index (χ1) is 13.5. The van der Waals surface area contributed by atoms with Crippen molar-refractivity contribution in [1.82, 2.24) is 14.8 Å². The molecule has 3 aromatic rings. The van der Waals surface area contributed by atoms with Crippen LogP contribution >= 0.6 is 11.8 Å². The molecule has 0 saturated heterocycles. The van der Waals surface area contributed by atoms with Crippen molar-refractivity contribution in [3.63, 3.8) is 0 Å². The van der Waals surface area contributed by atoms with E-state index in [1.54, 1.807) is 7.11 Å². The van der Waals surface area contributed by atoms with E-state index in [9.17, 15) is 4.79 Å². The first kappa shape index (κ1) is 20.4. The van der Waals surface area contributed by atoms with Crippen molar-refractivity contribution in [3.05, 3.63) is 52.8 Å². The van der Waals surface area contributed by atoms with E-state index in [0.29, 0.717) is 17.7 Å². The number of ketones is 1. The van der Waals surface area contributed by atoms with Crippen molar-refractivity contribution in [2.24, 2.45) is 0 Å². The lowest BCUT2D eigenvalue weighted by molar-refractivity contribution is 0.102. The second kappa shape index (κ2) is 9.21. The average molecular weight is 400 g/mol. The zero-order chi connectivity index (χ0) is 20.1. The number of benzene rings is 1. The number of hydrogen-bond donors (Lipinski definition) is 0.